The second-order valence-corrected chi connectivity index (χ2v) is 6.96. The number of rotatable bonds is 6. The van der Waals surface area contributed by atoms with E-state index in [4.69, 9.17) is 4.74 Å². The molecule has 142 valence electrons. The second-order valence-electron chi connectivity index (χ2n) is 6.96. The van der Waals surface area contributed by atoms with E-state index in [1.54, 1.807) is 24.0 Å². The predicted octanol–water partition coefficient (Wildman–Crippen LogP) is 4.55. The molecule has 0 aromatic heterocycles. The smallest absolute Gasteiger partial charge is 0.267 e. The molecule has 2 aromatic rings. The van der Waals surface area contributed by atoms with Crippen molar-refractivity contribution in [2.24, 2.45) is 0 Å². The maximum Gasteiger partial charge on any atom is 0.267 e. The van der Waals surface area contributed by atoms with Crippen molar-refractivity contribution in [1.29, 1.82) is 0 Å². The molecular formula is C22H26N2O3. The highest BCUT2D eigenvalue weighted by Gasteiger charge is 2.31. The van der Waals surface area contributed by atoms with Gasteiger partial charge in [-0.3, -0.25) is 9.59 Å². The first-order valence-electron chi connectivity index (χ1n) is 9.49. The average Bonchev–Trinajstić information content (AvgIpc) is 2.65. The van der Waals surface area contributed by atoms with E-state index in [9.17, 15) is 9.59 Å². The van der Waals surface area contributed by atoms with Crippen LogP contribution in [0.3, 0.4) is 0 Å². The molecular weight excluding hydrogens is 340 g/mol. The topological polar surface area (TPSA) is 58.6 Å². The van der Waals surface area contributed by atoms with Gasteiger partial charge in [-0.15, -0.1) is 0 Å². The van der Waals surface area contributed by atoms with Crippen molar-refractivity contribution in [2.45, 2.75) is 46.1 Å². The minimum atomic E-state index is -0.494. The molecule has 0 saturated heterocycles. The van der Waals surface area contributed by atoms with E-state index in [2.05, 4.69) is 12.2 Å². The Kier molecular flexibility index (Phi) is 5.79. The number of fused-ring (bicyclic) bond motifs is 1. The number of anilines is 2. The quantitative estimate of drug-likeness (QED) is 0.763. The summed E-state index contributed by atoms with van der Waals surface area (Å²) >= 11 is 0. The van der Waals surface area contributed by atoms with Gasteiger partial charge in [0.15, 0.2) is 6.10 Å². The molecule has 1 unspecified atom stereocenters. The van der Waals surface area contributed by atoms with Gasteiger partial charge in [0.2, 0.25) is 0 Å². The number of amides is 2. The Morgan fingerprint density at radius 2 is 2.00 bits per heavy atom. The Morgan fingerprint density at radius 3 is 2.74 bits per heavy atom. The summed E-state index contributed by atoms with van der Waals surface area (Å²) in [5.41, 5.74) is 3.00. The number of aryl methyl sites for hydroxylation is 1. The third kappa shape index (κ3) is 4.30. The van der Waals surface area contributed by atoms with Crippen LogP contribution in [0.1, 0.15) is 49.0 Å². The van der Waals surface area contributed by atoms with E-state index in [0.717, 1.165) is 30.5 Å². The fraction of sp³-hybridized carbons (Fsp3) is 0.364. The van der Waals surface area contributed by atoms with Gasteiger partial charge in [0, 0.05) is 17.8 Å². The van der Waals surface area contributed by atoms with Crippen LogP contribution in [0.15, 0.2) is 42.5 Å². The normalized spacial score (nSPS) is 15.9. The summed E-state index contributed by atoms with van der Waals surface area (Å²) in [6.45, 7) is 6.51. The molecule has 2 amide bonds. The largest absolute Gasteiger partial charge is 0.479 e. The number of unbranched alkanes of at least 4 members (excludes halogenated alkanes) is 2. The lowest BCUT2D eigenvalue weighted by Gasteiger charge is -2.33. The maximum atomic E-state index is 12.6. The Morgan fingerprint density at radius 1 is 1.19 bits per heavy atom. The van der Waals surface area contributed by atoms with Gasteiger partial charge in [0.05, 0.1) is 5.69 Å². The van der Waals surface area contributed by atoms with Crippen molar-refractivity contribution in [3.8, 4) is 5.75 Å². The van der Waals surface area contributed by atoms with E-state index in [0.29, 0.717) is 23.5 Å². The van der Waals surface area contributed by atoms with Crippen LogP contribution in [0.2, 0.25) is 0 Å². The van der Waals surface area contributed by atoms with E-state index >= 15 is 0 Å². The molecule has 3 rings (SSSR count). The molecule has 1 N–H and O–H groups in total. The van der Waals surface area contributed by atoms with E-state index in [1.165, 1.54) is 0 Å². The van der Waals surface area contributed by atoms with Gasteiger partial charge >= 0.3 is 0 Å². The SMILES string of the molecule is CCCCCN1C(=O)C(C)Oc2ccc(NC(=O)c3cccc(C)c3)cc21. The molecule has 0 bridgehead atoms. The number of ether oxygens (including phenoxy) is 1. The Balaban J connectivity index is 1.83. The lowest BCUT2D eigenvalue weighted by molar-refractivity contribution is -0.125. The van der Waals surface area contributed by atoms with Crippen molar-refractivity contribution >= 4 is 23.2 Å². The molecule has 0 radical (unpaired) electrons. The lowest BCUT2D eigenvalue weighted by Crippen LogP contribution is -2.44. The molecule has 0 spiro atoms. The summed E-state index contributed by atoms with van der Waals surface area (Å²) in [7, 11) is 0. The van der Waals surface area contributed by atoms with Gasteiger partial charge in [-0.1, -0.05) is 37.5 Å². The number of hydrogen-bond donors (Lipinski definition) is 1. The van der Waals surface area contributed by atoms with Crippen molar-refractivity contribution in [1.82, 2.24) is 0 Å². The van der Waals surface area contributed by atoms with E-state index < -0.39 is 6.10 Å². The van der Waals surface area contributed by atoms with Gasteiger partial charge in [-0.2, -0.15) is 0 Å². The minimum Gasteiger partial charge on any atom is -0.479 e. The van der Waals surface area contributed by atoms with Crippen molar-refractivity contribution in [3.63, 3.8) is 0 Å². The third-order valence-electron chi connectivity index (χ3n) is 4.69. The van der Waals surface area contributed by atoms with Crippen LogP contribution < -0.4 is 15.0 Å². The monoisotopic (exact) mass is 366 g/mol. The number of nitrogens with one attached hydrogen (secondary N) is 1. The molecule has 2 aromatic carbocycles. The summed E-state index contributed by atoms with van der Waals surface area (Å²) in [5.74, 6) is 0.459. The molecule has 0 saturated carbocycles. The summed E-state index contributed by atoms with van der Waals surface area (Å²) in [4.78, 5) is 26.9. The minimum absolute atomic E-state index is 0.0410. The lowest BCUT2D eigenvalue weighted by atomic mass is 10.1. The maximum absolute atomic E-state index is 12.6. The third-order valence-corrected chi connectivity index (χ3v) is 4.69. The molecule has 5 nitrogen and oxygen atoms in total. The average molecular weight is 366 g/mol. The van der Waals surface area contributed by atoms with Crippen molar-refractivity contribution < 1.29 is 14.3 Å². The van der Waals surface area contributed by atoms with E-state index in [-0.39, 0.29) is 11.8 Å². The summed E-state index contributed by atoms with van der Waals surface area (Å²) in [6, 6.07) is 12.9. The highest BCUT2D eigenvalue weighted by Crippen LogP contribution is 2.36. The second kappa shape index (κ2) is 8.25. The standard InChI is InChI=1S/C22H26N2O3/c1-4-5-6-12-24-19-14-18(10-11-20(19)27-16(3)22(24)26)23-21(25)17-9-7-8-15(2)13-17/h7-11,13-14,16H,4-6,12H2,1-3H3,(H,23,25). The van der Waals surface area contributed by atoms with Crippen LogP contribution in [0, 0.1) is 6.92 Å². The first-order valence-corrected chi connectivity index (χ1v) is 9.49. The summed E-state index contributed by atoms with van der Waals surface area (Å²) in [6.07, 6.45) is 2.60. The number of nitrogens with zero attached hydrogens (tertiary/aromatic N) is 1. The Labute approximate surface area is 160 Å². The number of carbonyl (C=O) groups excluding carboxylic acids is 2. The fourth-order valence-corrected chi connectivity index (χ4v) is 3.22. The van der Waals surface area contributed by atoms with Crippen LogP contribution in [0.5, 0.6) is 5.75 Å². The molecule has 0 aliphatic carbocycles. The summed E-state index contributed by atoms with van der Waals surface area (Å²) in [5, 5.41) is 2.92. The Hall–Kier alpha value is -2.82. The number of hydrogen-bond acceptors (Lipinski definition) is 3. The van der Waals surface area contributed by atoms with Crippen LogP contribution in [-0.2, 0) is 4.79 Å². The van der Waals surface area contributed by atoms with Crippen LogP contribution in [0.4, 0.5) is 11.4 Å². The zero-order valence-electron chi connectivity index (χ0n) is 16.1. The van der Waals surface area contributed by atoms with E-state index in [1.807, 2.05) is 37.3 Å². The number of benzene rings is 2. The van der Waals surface area contributed by atoms with Gasteiger partial charge in [0.25, 0.3) is 11.8 Å². The molecule has 1 aliphatic heterocycles. The molecule has 1 aliphatic rings. The van der Waals surface area contributed by atoms with Gasteiger partial charge in [-0.25, -0.2) is 0 Å². The Bertz CT molecular complexity index is 847. The zero-order chi connectivity index (χ0) is 19.4. The molecule has 27 heavy (non-hydrogen) atoms. The number of carbonyl (C=O) groups is 2. The zero-order valence-corrected chi connectivity index (χ0v) is 16.1. The predicted molar refractivity (Wildman–Crippen MR) is 108 cm³/mol. The first-order chi connectivity index (χ1) is 13.0. The molecule has 1 heterocycles. The highest BCUT2D eigenvalue weighted by molar-refractivity contribution is 6.05. The molecule has 0 fully saturated rings. The summed E-state index contributed by atoms with van der Waals surface area (Å²) < 4.78 is 5.74. The van der Waals surface area contributed by atoms with Crippen LogP contribution in [0.25, 0.3) is 0 Å². The highest BCUT2D eigenvalue weighted by atomic mass is 16.5. The van der Waals surface area contributed by atoms with Crippen molar-refractivity contribution in [2.75, 3.05) is 16.8 Å². The van der Waals surface area contributed by atoms with Gasteiger partial charge in [-0.05, 0) is 50.6 Å². The fourth-order valence-electron chi connectivity index (χ4n) is 3.22. The van der Waals surface area contributed by atoms with Crippen molar-refractivity contribution in [3.05, 3.63) is 53.6 Å². The first kappa shape index (κ1) is 19.0. The van der Waals surface area contributed by atoms with Crippen LogP contribution >= 0.6 is 0 Å². The molecule has 5 heteroatoms. The van der Waals surface area contributed by atoms with Crippen LogP contribution in [-0.4, -0.2) is 24.5 Å². The van der Waals surface area contributed by atoms with Gasteiger partial charge < -0.3 is 15.0 Å². The molecule has 1 atom stereocenters. The van der Waals surface area contributed by atoms with Gasteiger partial charge in [0.1, 0.15) is 5.75 Å².